The average Bonchev–Trinajstić information content (AvgIpc) is 3.47. The van der Waals surface area contributed by atoms with Crippen molar-refractivity contribution in [1.82, 2.24) is 0 Å². The number of carbonyl (C=O) groups is 3. The lowest BCUT2D eigenvalue weighted by Gasteiger charge is -2.37. The minimum absolute atomic E-state index is 0.183. The van der Waals surface area contributed by atoms with Crippen LogP contribution in [0.3, 0.4) is 0 Å². The summed E-state index contributed by atoms with van der Waals surface area (Å²) in [4.78, 5) is 46.4. The van der Waals surface area contributed by atoms with Gasteiger partial charge in [0.05, 0.1) is 19.8 Å². The van der Waals surface area contributed by atoms with Crippen LogP contribution in [0.4, 0.5) is 5.69 Å². The number of hydrogen-bond donors (Lipinski definition) is 0. The van der Waals surface area contributed by atoms with Gasteiger partial charge in [-0.05, 0) is 48.9 Å². The Morgan fingerprint density at radius 1 is 0.833 bits per heavy atom. The summed E-state index contributed by atoms with van der Waals surface area (Å²) in [6.45, 7) is 2.29. The first kappa shape index (κ1) is 26.0. The molecule has 3 aliphatic rings. The van der Waals surface area contributed by atoms with Crippen molar-refractivity contribution < 1.29 is 23.9 Å². The molecule has 3 atom stereocenters. The SMILES string of the molecule is CCOc1ccccc1[C@@H]1[C@H](C(=O)c2ccc(OC)cc2)N2c3ccccc3C=C[C@@H]2C12C(=O)c1ccccc1C2=O. The monoisotopic (exact) mass is 555 g/mol. The largest absolute Gasteiger partial charge is 0.497 e. The van der Waals surface area contributed by atoms with Gasteiger partial charge in [0.25, 0.3) is 0 Å². The summed E-state index contributed by atoms with van der Waals surface area (Å²) in [5.41, 5.74) is 2.08. The third kappa shape index (κ3) is 3.48. The molecular formula is C36H29NO5. The second-order valence-corrected chi connectivity index (χ2v) is 10.8. The third-order valence-corrected chi connectivity index (χ3v) is 8.91. The van der Waals surface area contributed by atoms with Gasteiger partial charge >= 0.3 is 0 Å². The number of nitrogens with zero attached hydrogens (tertiary/aromatic N) is 1. The lowest BCUT2D eigenvalue weighted by molar-refractivity contribution is 0.0664. The van der Waals surface area contributed by atoms with Crippen molar-refractivity contribution in [2.45, 2.75) is 24.9 Å². The van der Waals surface area contributed by atoms with E-state index >= 15 is 0 Å². The molecule has 0 unspecified atom stereocenters. The number of rotatable bonds is 6. The van der Waals surface area contributed by atoms with Crippen molar-refractivity contribution in [2.75, 3.05) is 18.6 Å². The number of methoxy groups -OCH3 is 1. The Labute approximate surface area is 244 Å². The second kappa shape index (κ2) is 9.84. The zero-order valence-electron chi connectivity index (χ0n) is 23.3. The topological polar surface area (TPSA) is 72.9 Å². The van der Waals surface area contributed by atoms with Gasteiger partial charge in [-0.3, -0.25) is 14.4 Å². The number of anilines is 1. The number of para-hydroxylation sites is 2. The predicted molar refractivity (Wildman–Crippen MR) is 161 cm³/mol. The maximum absolute atomic E-state index is 14.8. The van der Waals surface area contributed by atoms with Crippen LogP contribution in [0.1, 0.15) is 55.0 Å². The van der Waals surface area contributed by atoms with Crippen LogP contribution in [-0.4, -0.2) is 43.2 Å². The zero-order valence-corrected chi connectivity index (χ0v) is 23.3. The van der Waals surface area contributed by atoms with Gasteiger partial charge in [-0.2, -0.15) is 0 Å². The lowest BCUT2D eigenvalue weighted by Crippen LogP contribution is -2.48. The minimum atomic E-state index is -1.58. The smallest absolute Gasteiger partial charge is 0.185 e. The van der Waals surface area contributed by atoms with E-state index in [2.05, 4.69) is 0 Å². The molecule has 1 fully saturated rings. The number of ketones is 3. The average molecular weight is 556 g/mol. The van der Waals surface area contributed by atoms with Crippen LogP contribution in [-0.2, 0) is 0 Å². The molecule has 1 aliphatic carbocycles. The Morgan fingerprint density at radius 3 is 2.17 bits per heavy atom. The Morgan fingerprint density at radius 2 is 1.48 bits per heavy atom. The van der Waals surface area contributed by atoms with E-state index in [4.69, 9.17) is 9.47 Å². The van der Waals surface area contributed by atoms with Crippen molar-refractivity contribution in [1.29, 1.82) is 0 Å². The summed E-state index contributed by atoms with van der Waals surface area (Å²) in [7, 11) is 1.58. The van der Waals surface area contributed by atoms with E-state index in [1.807, 2.05) is 72.5 Å². The molecule has 2 heterocycles. The maximum atomic E-state index is 14.8. The van der Waals surface area contributed by atoms with Crippen LogP contribution < -0.4 is 14.4 Å². The van der Waals surface area contributed by atoms with E-state index in [0.29, 0.717) is 40.4 Å². The summed E-state index contributed by atoms with van der Waals surface area (Å²) in [6, 6.07) is 27.7. The summed E-state index contributed by atoms with van der Waals surface area (Å²) in [6.07, 6.45) is 3.90. The van der Waals surface area contributed by atoms with E-state index in [9.17, 15) is 14.4 Å². The molecule has 6 nitrogen and oxygen atoms in total. The quantitative estimate of drug-likeness (QED) is 0.202. The molecule has 7 rings (SSSR count). The molecule has 1 saturated heterocycles. The van der Waals surface area contributed by atoms with E-state index < -0.39 is 23.4 Å². The summed E-state index contributed by atoms with van der Waals surface area (Å²) >= 11 is 0. The molecule has 4 aromatic rings. The fraction of sp³-hybridized carbons (Fsp3) is 0.194. The van der Waals surface area contributed by atoms with Crippen molar-refractivity contribution in [3.8, 4) is 11.5 Å². The van der Waals surface area contributed by atoms with Crippen LogP contribution in [0, 0.1) is 5.41 Å². The molecule has 1 spiro atoms. The number of Topliss-reactive ketones (excluding diaryl/α,β-unsaturated/α-hetero) is 3. The van der Waals surface area contributed by atoms with Crippen LogP contribution >= 0.6 is 0 Å². The number of carbonyl (C=O) groups excluding carboxylic acids is 3. The van der Waals surface area contributed by atoms with Gasteiger partial charge < -0.3 is 14.4 Å². The third-order valence-electron chi connectivity index (χ3n) is 8.91. The van der Waals surface area contributed by atoms with Crippen molar-refractivity contribution in [3.05, 3.63) is 131 Å². The van der Waals surface area contributed by atoms with Crippen molar-refractivity contribution in [3.63, 3.8) is 0 Å². The normalized spacial score (nSPS) is 21.2. The Kier molecular flexibility index (Phi) is 6.08. The molecule has 0 radical (unpaired) electrons. The van der Waals surface area contributed by atoms with Gasteiger partial charge in [-0.15, -0.1) is 0 Å². The Bertz CT molecular complexity index is 1740. The molecule has 4 aromatic carbocycles. The highest BCUT2D eigenvalue weighted by Gasteiger charge is 2.71. The highest BCUT2D eigenvalue weighted by atomic mass is 16.5. The molecule has 42 heavy (non-hydrogen) atoms. The summed E-state index contributed by atoms with van der Waals surface area (Å²) in [5.74, 6) is -0.341. The van der Waals surface area contributed by atoms with Crippen LogP contribution in [0.2, 0.25) is 0 Å². The van der Waals surface area contributed by atoms with E-state index in [-0.39, 0.29) is 17.3 Å². The summed E-state index contributed by atoms with van der Waals surface area (Å²) in [5, 5.41) is 0. The molecule has 0 bridgehead atoms. The highest BCUT2D eigenvalue weighted by molar-refractivity contribution is 6.32. The van der Waals surface area contributed by atoms with Gasteiger partial charge in [-0.25, -0.2) is 0 Å². The Hall–Kier alpha value is -4.97. The van der Waals surface area contributed by atoms with Gasteiger partial charge in [0.15, 0.2) is 17.3 Å². The van der Waals surface area contributed by atoms with Gasteiger partial charge in [-0.1, -0.05) is 72.8 Å². The highest BCUT2D eigenvalue weighted by Crippen LogP contribution is 2.62. The first-order valence-corrected chi connectivity index (χ1v) is 14.2. The van der Waals surface area contributed by atoms with Gasteiger partial charge in [0.2, 0.25) is 0 Å². The van der Waals surface area contributed by atoms with Crippen LogP contribution in [0.25, 0.3) is 6.08 Å². The minimum Gasteiger partial charge on any atom is -0.497 e. The number of hydrogen-bond acceptors (Lipinski definition) is 6. The predicted octanol–water partition coefficient (Wildman–Crippen LogP) is 6.41. The standard InChI is InChI=1S/C36H29NO5/c1-3-42-29-15-9-7-13-27(29)31-32(33(38)23-16-19-24(41-2)20-17-23)37-28-14-8-4-10-22(28)18-21-30(37)36(31)34(39)25-11-5-6-12-26(25)35(36)40/h4-21,30-32H,3H2,1-2H3/t30-,31-,32-/m1/s1. The molecule has 0 N–H and O–H groups in total. The van der Waals surface area contributed by atoms with Crippen LogP contribution in [0.15, 0.2) is 103 Å². The lowest BCUT2D eigenvalue weighted by atomic mass is 9.64. The van der Waals surface area contributed by atoms with E-state index in [1.165, 1.54) is 0 Å². The van der Waals surface area contributed by atoms with E-state index in [1.54, 1.807) is 55.6 Å². The molecule has 0 amide bonds. The first-order chi connectivity index (χ1) is 20.5. The van der Waals surface area contributed by atoms with Gasteiger partial charge in [0.1, 0.15) is 23.0 Å². The summed E-state index contributed by atoms with van der Waals surface area (Å²) < 4.78 is 11.4. The molecule has 208 valence electrons. The number of benzene rings is 4. The fourth-order valence-corrected chi connectivity index (χ4v) is 7.21. The van der Waals surface area contributed by atoms with Crippen LogP contribution in [0.5, 0.6) is 11.5 Å². The number of ether oxygens (including phenoxy) is 2. The van der Waals surface area contributed by atoms with Crippen molar-refractivity contribution >= 4 is 29.1 Å². The van der Waals surface area contributed by atoms with Gasteiger partial charge in [0, 0.05) is 33.9 Å². The maximum Gasteiger partial charge on any atom is 0.185 e. The van der Waals surface area contributed by atoms with E-state index in [0.717, 1.165) is 11.3 Å². The fourth-order valence-electron chi connectivity index (χ4n) is 7.21. The second-order valence-electron chi connectivity index (χ2n) is 10.8. The van der Waals surface area contributed by atoms with Crippen molar-refractivity contribution in [2.24, 2.45) is 5.41 Å². The number of fused-ring (bicyclic) bond motifs is 5. The molecule has 0 saturated carbocycles. The molecular weight excluding hydrogens is 526 g/mol. The molecule has 0 aromatic heterocycles. The first-order valence-electron chi connectivity index (χ1n) is 14.2. The molecule has 2 aliphatic heterocycles. The molecule has 6 heteroatoms. The Balaban J connectivity index is 1.54. The zero-order chi connectivity index (χ0) is 29.0.